The predicted molar refractivity (Wildman–Crippen MR) is 83.5 cm³/mol. The van der Waals surface area contributed by atoms with Crippen LogP contribution in [0.25, 0.3) is 11.2 Å². The van der Waals surface area contributed by atoms with Gasteiger partial charge in [-0.15, -0.1) is 0 Å². The molecule has 1 aliphatic rings. The zero-order chi connectivity index (χ0) is 21.2. The van der Waals surface area contributed by atoms with Crippen LogP contribution in [0.3, 0.4) is 0 Å². The molecule has 0 amide bonds. The van der Waals surface area contributed by atoms with E-state index in [0.717, 1.165) is 9.13 Å². The monoisotopic (exact) mass is 414 g/mol. The highest BCUT2D eigenvalue weighted by Crippen LogP contribution is 2.55. The Bertz CT molecular complexity index is 1010. The first-order chi connectivity index (χ1) is 12.7. The number of aryl methyl sites for hydroxylation is 2. The minimum atomic E-state index is -5.89. The van der Waals surface area contributed by atoms with Crippen LogP contribution < -0.4 is 11.2 Å². The lowest BCUT2D eigenvalue weighted by Crippen LogP contribution is -2.64. The Morgan fingerprint density at radius 1 is 1.11 bits per heavy atom. The van der Waals surface area contributed by atoms with E-state index in [1.807, 2.05) is 0 Å². The van der Waals surface area contributed by atoms with E-state index < -0.39 is 53.9 Å². The molecule has 1 aliphatic carbocycles. The summed E-state index contributed by atoms with van der Waals surface area (Å²) in [6, 6.07) is 0. The van der Waals surface area contributed by atoms with Gasteiger partial charge in [0.2, 0.25) is 0 Å². The lowest BCUT2D eigenvalue weighted by molar-refractivity contribution is -0.393. The fraction of sp³-hybridized carbons (Fsp3) is 0.667. The minimum Gasteiger partial charge on any atom is -0.373 e. The fourth-order valence-corrected chi connectivity index (χ4v) is 3.66. The maximum atomic E-state index is 12.9. The van der Waals surface area contributed by atoms with Gasteiger partial charge in [0.1, 0.15) is 0 Å². The molecule has 1 N–H and O–H groups in total. The van der Waals surface area contributed by atoms with Gasteiger partial charge in [0, 0.05) is 26.6 Å². The highest BCUT2D eigenvalue weighted by Gasteiger charge is 2.75. The highest BCUT2D eigenvalue weighted by atomic mass is 19.4. The van der Waals surface area contributed by atoms with Crippen LogP contribution in [0.5, 0.6) is 0 Å². The van der Waals surface area contributed by atoms with Crippen LogP contribution >= 0.6 is 0 Å². The molecular formula is C15H16F6N4O3. The van der Waals surface area contributed by atoms with E-state index in [9.17, 15) is 41.0 Å². The average Bonchev–Trinajstić information content (AvgIpc) is 2.90. The molecule has 2 heterocycles. The van der Waals surface area contributed by atoms with E-state index in [4.69, 9.17) is 0 Å². The molecule has 0 saturated heterocycles. The Labute approximate surface area is 152 Å². The van der Waals surface area contributed by atoms with Crippen molar-refractivity contribution in [1.29, 1.82) is 0 Å². The number of nitrogens with zero attached hydrogens (tertiary/aromatic N) is 4. The molecule has 7 nitrogen and oxygen atoms in total. The van der Waals surface area contributed by atoms with Crippen LogP contribution in [-0.4, -0.2) is 41.7 Å². The van der Waals surface area contributed by atoms with Crippen molar-refractivity contribution in [2.24, 2.45) is 25.9 Å². The van der Waals surface area contributed by atoms with Crippen LogP contribution in [0, 0.1) is 11.8 Å². The largest absolute Gasteiger partial charge is 0.426 e. The third-order valence-electron chi connectivity index (χ3n) is 5.33. The Hall–Kier alpha value is -2.31. The third-order valence-corrected chi connectivity index (χ3v) is 5.33. The molecule has 3 rings (SSSR count). The van der Waals surface area contributed by atoms with Crippen molar-refractivity contribution in [2.75, 3.05) is 0 Å². The number of aromatic nitrogens is 4. The van der Waals surface area contributed by atoms with Crippen molar-refractivity contribution in [3.05, 3.63) is 27.2 Å². The average molecular weight is 414 g/mol. The van der Waals surface area contributed by atoms with E-state index >= 15 is 0 Å². The van der Waals surface area contributed by atoms with Crippen LogP contribution in [0.2, 0.25) is 0 Å². The molecule has 156 valence electrons. The van der Waals surface area contributed by atoms with Gasteiger partial charge in [0.15, 0.2) is 11.2 Å². The van der Waals surface area contributed by atoms with Crippen LogP contribution in [0.15, 0.2) is 15.9 Å². The Morgan fingerprint density at radius 2 is 1.64 bits per heavy atom. The van der Waals surface area contributed by atoms with Crippen molar-refractivity contribution in [1.82, 2.24) is 18.7 Å². The van der Waals surface area contributed by atoms with Crippen molar-refractivity contribution >= 4 is 11.2 Å². The van der Waals surface area contributed by atoms with Gasteiger partial charge in [-0.2, -0.15) is 26.3 Å². The van der Waals surface area contributed by atoms with E-state index in [-0.39, 0.29) is 17.7 Å². The van der Waals surface area contributed by atoms with Gasteiger partial charge in [-0.3, -0.25) is 13.9 Å². The van der Waals surface area contributed by atoms with E-state index in [2.05, 4.69) is 4.98 Å². The molecule has 2 aromatic rings. The van der Waals surface area contributed by atoms with Crippen LogP contribution in [-0.2, 0) is 20.6 Å². The fourth-order valence-electron chi connectivity index (χ4n) is 3.66. The van der Waals surface area contributed by atoms with Crippen LogP contribution in [0.4, 0.5) is 26.3 Å². The van der Waals surface area contributed by atoms with Crippen molar-refractivity contribution in [3.63, 3.8) is 0 Å². The summed E-state index contributed by atoms with van der Waals surface area (Å²) in [6.45, 7) is -0.352. The Balaban J connectivity index is 1.88. The van der Waals surface area contributed by atoms with Crippen LogP contribution in [0.1, 0.15) is 12.8 Å². The molecule has 1 fully saturated rings. The second-order valence-electron chi connectivity index (χ2n) is 7.08. The number of alkyl halides is 6. The Morgan fingerprint density at radius 3 is 2.14 bits per heavy atom. The molecule has 0 bridgehead atoms. The molecule has 0 unspecified atom stereocenters. The number of imidazole rings is 1. The summed E-state index contributed by atoms with van der Waals surface area (Å²) in [4.78, 5) is 28.8. The molecular weight excluding hydrogens is 398 g/mol. The third kappa shape index (κ3) is 2.74. The van der Waals surface area contributed by atoms with Gasteiger partial charge < -0.3 is 9.67 Å². The first kappa shape index (κ1) is 20.4. The first-order valence-electron chi connectivity index (χ1n) is 8.16. The highest BCUT2D eigenvalue weighted by molar-refractivity contribution is 5.69. The standard InChI is InChI=1S/C15H16F6N4O3/c1-23-6-22-10-9(23)11(26)25(12(27)24(10)2)5-7-3-8(4-7)13(28,14(16,17)18)15(19,20)21/h6-8,28H,3-5H2,1-2H3/t7-,8-. The zero-order valence-electron chi connectivity index (χ0n) is 14.7. The van der Waals surface area contributed by atoms with E-state index in [0.29, 0.717) is 0 Å². The molecule has 0 aromatic carbocycles. The first-order valence-corrected chi connectivity index (χ1v) is 8.16. The maximum absolute atomic E-state index is 12.9. The number of fused-ring (bicyclic) bond motifs is 1. The number of halogens is 6. The van der Waals surface area contributed by atoms with Gasteiger partial charge in [-0.05, 0) is 18.8 Å². The number of rotatable bonds is 3. The summed E-state index contributed by atoms with van der Waals surface area (Å²) in [5, 5.41) is 9.40. The quantitative estimate of drug-likeness (QED) is 0.769. The molecule has 0 radical (unpaired) electrons. The summed E-state index contributed by atoms with van der Waals surface area (Å²) in [5.74, 6) is -2.89. The maximum Gasteiger partial charge on any atom is 0.426 e. The molecule has 28 heavy (non-hydrogen) atoms. The summed E-state index contributed by atoms with van der Waals surface area (Å²) in [5.41, 5.74) is -6.13. The second-order valence-corrected chi connectivity index (χ2v) is 7.08. The molecule has 0 aliphatic heterocycles. The van der Waals surface area contributed by atoms with Gasteiger partial charge in [-0.1, -0.05) is 0 Å². The summed E-state index contributed by atoms with van der Waals surface area (Å²) < 4.78 is 80.6. The summed E-state index contributed by atoms with van der Waals surface area (Å²) >= 11 is 0. The van der Waals surface area contributed by atoms with Gasteiger partial charge in [0.05, 0.1) is 6.33 Å². The molecule has 0 atom stereocenters. The smallest absolute Gasteiger partial charge is 0.373 e. The molecule has 0 spiro atoms. The normalized spacial score (nSPS) is 21.2. The van der Waals surface area contributed by atoms with E-state index in [1.165, 1.54) is 25.0 Å². The van der Waals surface area contributed by atoms with Crippen molar-refractivity contribution < 1.29 is 31.4 Å². The second kappa shape index (κ2) is 6.09. The molecule has 1 saturated carbocycles. The minimum absolute atomic E-state index is 0.0834. The molecule has 13 heteroatoms. The topological polar surface area (TPSA) is 82.1 Å². The SMILES string of the molecule is Cn1cnc2c1c(=O)n(C[C@H]1C[C@H](C(O)(C(F)(F)F)C(F)(F)F)C1)c(=O)n2C. The van der Waals surface area contributed by atoms with Crippen molar-refractivity contribution in [2.45, 2.75) is 37.3 Å². The number of aliphatic hydroxyl groups is 1. The number of hydrogen-bond donors (Lipinski definition) is 1. The van der Waals surface area contributed by atoms with E-state index in [1.54, 1.807) is 0 Å². The van der Waals surface area contributed by atoms with Gasteiger partial charge >= 0.3 is 18.0 Å². The lowest BCUT2D eigenvalue weighted by atomic mass is 9.65. The number of hydrogen-bond acceptors (Lipinski definition) is 4. The zero-order valence-corrected chi connectivity index (χ0v) is 14.7. The summed E-state index contributed by atoms with van der Waals surface area (Å²) in [6.07, 6.45) is -11.7. The van der Waals surface area contributed by atoms with Gasteiger partial charge in [-0.25, -0.2) is 9.78 Å². The van der Waals surface area contributed by atoms with Crippen molar-refractivity contribution in [3.8, 4) is 0 Å². The Kier molecular flexibility index (Phi) is 4.44. The predicted octanol–water partition coefficient (Wildman–Crippen LogP) is 1.32. The van der Waals surface area contributed by atoms with Gasteiger partial charge in [0.25, 0.3) is 11.2 Å². The summed E-state index contributed by atoms with van der Waals surface area (Å²) in [7, 11) is 2.86. The lowest BCUT2D eigenvalue weighted by Gasteiger charge is -2.46. The molecule has 2 aromatic heterocycles.